The van der Waals surface area contributed by atoms with Crippen molar-refractivity contribution in [3.8, 4) is 0 Å². The van der Waals surface area contributed by atoms with Crippen LogP contribution in [0.25, 0.3) is 11.0 Å². The summed E-state index contributed by atoms with van der Waals surface area (Å²) in [4.78, 5) is 11.8. The normalized spacial score (nSPS) is 15.3. The van der Waals surface area contributed by atoms with Gasteiger partial charge in [-0.05, 0) is 0 Å². The molecule has 1 saturated heterocycles. The number of fused-ring (bicyclic) bond motifs is 1. The van der Waals surface area contributed by atoms with Gasteiger partial charge in [-0.2, -0.15) is 0 Å². The van der Waals surface area contributed by atoms with E-state index in [-0.39, 0.29) is 0 Å². The summed E-state index contributed by atoms with van der Waals surface area (Å²) < 4.78 is 9.93. The van der Waals surface area contributed by atoms with E-state index in [1.807, 2.05) is 6.20 Å². The van der Waals surface area contributed by atoms with Crippen LogP contribution in [0.1, 0.15) is 6.42 Å². The second kappa shape index (κ2) is 8.21. The quantitative estimate of drug-likeness (QED) is 0.577. The van der Waals surface area contributed by atoms with Gasteiger partial charge in [-0.3, -0.25) is 0 Å². The Hall–Kier alpha value is -1.88. The van der Waals surface area contributed by atoms with Gasteiger partial charge in [0.1, 0.15) is 0 Å². The Morgan fingerprint density at radius 3 is 2.69 bits per heavy atom. The van der Waals surface area contributed by atoms with Crippen LogP contribution in [0.3, 0.4) is 0 Å². The molecular formula is C19H24AsN5O. The van der Waals surface area contributed by atoms with Crippen LogP contribution in [0.2, 0.25) is 0 Å². The summed E-state index contributed by atoms with van der Waals surface area (Å²) in [5.74, 6) is 0. The Balaban J connectivity index is 1.49. The number of ether oxygens (including phenoxy) is 1. The number of hydrogen-bond acceptors (Lipinski definition) is 5. The number of benzene rings is 1. The van der Waals surface area contributed by atoms with Gasteiger partial charge in [0, 0.05) is 0 Å². The molecule has 1 aliphatic rings. The fourth-order valence-corrected chi connectivity index (χ4v) is 5.03. The van der Waals surface area contributed by atoms with Crippen LogP contribution >= 0.6 is 0 Å². The third-order valence-corrected chi connectivity index (χ3v) is 6.88. The van der Waals surface area contributed by atoms with Crippen LogP contribution in [0, 0.1) is 0 Å². The predicted molar refractivity (Wildman–Crippen MR) is 107 cm³/mol. The van der Waals surface area contributed by atoms with E-state index in [9.17, 15) is 0 Å². The van der Waals surface area contributed by atoms with Gasteiger partial charge in [-0.25, -0.2) is 0 Å². The Morgan fingerprint density at radius 1 is 1.12 bits per heavy atom. The zero-order chi connectivity index (χ0) is 17.8. The van der Waals surface area contributed by atoms with Crippen LogP contribution in [0.4, 0.5) is 5.69 Å². The van der Waals surface area contributed by atoms with Crippen LogP contribution in [-0.4, -0.2) is 63.1 Å². The molecule has 3 aromatic rings. The van der Waals surface area contributed by atoms with E-state index in [0.29, 0.717) is 6.54 Å². The molecule has 1 unspecified atom stereocenters. The number of aromatic nitrogens is 3. The van der Waals surface area contributed by atoms with E-state index in [4.69, 9.17) is 15.5 Å². The summed E-state index contributed by atoms with van der Waals surface area (Å²) >= 11 is -0.542. The second-order valence-corrected chi connectivity index (χ2v) is 9.07. The minimum atomic E-state index is -0.542. The van der Waals surface area contributed by atoms with E-state index in [0.717, 1.165) is 54.9 Å². The zero-order valence-corrected chi connectivity index (χ0v) is 16.9. The number of rotatable bonds is 6. The first-order valence-corrected chi connectivity index (χ1v) is 11.1. The summed E-state index contributed by atoms with van der Waals surface area (Å²) in [5.41, 5.74) is 7.94. The molecule has 0 aliphatic carbocycles. The number of hydrogen-bond donors (Lipinski definition) is 1. The molecule has 0 spiro atoms. The van der Waals surface area contributed by atoms with Gasteiger partial charge < -0.3 is 0 Å². The van der Waals surface area contributed by atoms with E-state index in [1.165, 1.54) is 10.0 Å². The molecule has 3 heterocycles. The first-order valence-electron chi connectivity index (χ1n) is 9.05. The maximum atomic E-state index is 5.64. The fourth-order valence-electron chi connectivity index (χ4n) is 3.18. The summed E-state index contributed by atoms with van der Waals surface area (Å²) in [6.07, 6.45) is 4.99. The van der Waals surface area contributed by atoms with Crippen molar-refractivity contribution in [2.45, 2.75) is 13.0 Å². The van der Waals surface area contributed by atoms with Crippen molar-refractivity contribution < 1.29 is 4.74 Å². The van der Waals surface area contributed by atoms with Gasteiger partial charge in [0.2, 0.25) is 0 Å². The number of nitrogens with two attached hydrogens (primary N) is 1. The molecule has 4 rings (SSSR count). The molecule has 2 N–H and O–H groups in total. The van der Waals surface area contributed by atoms with Crippen LogP contribution in [0.15, 0.2) is 42.7 Å². The average molecular weight is 413 g/mol. The molecule has 1 atom stereocenters. The molecule has 2 aromatic heterocycles. The minimum absolute atomic E-state index is 0.542. The standard InChI is InChI=1S/C19H24AsN5O/c21-7-1-8-25-9-6-15-14-22-19(23-18(15)25)20-16-2-4-17(5-3-16)24-10-12-26-13-11-24/h2-6,9,14,20H,1,7-8,10-13,21H2. The first kappa shape index (κ1) is 17.5. The number of morpholine rings is 1. The summed E-state index contributed by atoms with van der Waals surface area (Å²) in [5, 5.41) is 1.10. The monoisotopic (exact) mass is 413 g/mol. The molecule has 136 valence electrons. The van der Waals surface area contributed by atoms with Gasteiger partial charge in [-0.1, -0.05) is 0 Å². The third kappa shape index (κ3) is 3.93. The second-order valence-electron chi connectivity index (χ2n) is 6.40. The van der Waals surface area contributed by atoms with Crippen molar-refractivity contribution in [3.63, 3.8) is 0 Å². The van der Waals surface area contributed by atoms with E-state index in [2.05, 4.69) is 51.0 Å². The summed E-state index contributed by atoms with van der Waals surface area (Å²) in [7, 11) is 0. The summed E-state index contributed by atoms with van der Waals surface area (Å²) in [6.45, 7) is 5.16. The van der Waals surface area contributed by atoms with Crippen molar-refractivity contribution in [2.24, 2.45) is 5.73 Å². The number of anilines is 1. The molecule has 0 radical (unpaired) electrons. The number of aryl methyl sites for hydroxylation is 1. The Bertz CT molecular complexity index is 858. The van der Waals surface area contributed by atoms with Gasteiger partial charge >= 0.3 is 160 Å². The van der Waals surface area contributed by atoms with Crippen LogP contribution in [0.5, 0.6) is 0 Å². The third-order valence-electron chi connectivity index (χ3n) is 4.60. The van der Waals surface area contributed by atoms with Gasteiger partial charge in [-0.15, -0.1) is 0 Å². The SMILES string of the molecule is NCCCn1ccc2cnc([AsH]c3ccc(N4CCOCC4)cc3)nc21. The molecule has 6 nitrogen and oxygen atoms in total. The average Bonchev–Trinajstić information content (AvgIpc) is 3.10. The Labute approximate surface area is 160 Å². The van der Waals surface area contributed by atoms with Crippen LogP contribution in [-0.2, 0) is 11.3 Å². The van der Waals surface area contributed by atoms with E-state index >= 15 is 0 Å². The van der Waals surface area contributed by atoms with Crippen molar-refractivity contribution in [1.29, 1.82) is 0 Å². The molecule has 1 aromatic carbocycles. The van der Waals surface area contributed by atoms with Crippen molar-refractivity contribution in [2.75, 3.05) is 37.7 Å². The molecule has 7 heteroatoms. The van der Waals surface area contributed by atoms with Gasteiger partial charge in [0.15, 0.2) is 0 Å². The molecule has 26 heavy (non-hydrogen) atoms. The van der Waals surface area contributed by atoms with Gasteiger partial charge in [0.25, 0.3) is 0 Å². The number of nitrogens with zero attached hydrogens (tertiary/aromatic N) is 4. The Morgan fingerprint density at radius 2 is 1.92 bits per heavy atom. The van der Waals surface area contributed by atoms with E-state index < -0.39 is 15.8 Å². The predicted octanol–water partition coefficient (Wildman–Crippen LogP) is 0.00400. The van der Waals surface area contributed by atoms with E-state index in [1.54, 1.807) is 0 Å². The molecule has 0 amide bonds. The molecule has 0 bridgehead atoms. The molecule has 1 aliphatic heterocycles. The van der Waals surface area contributed by atoms with Crippen molar-refractivity contribution in [3.05, 3.63) is 42.7 Å². The first-order chi connectivity index (χ1) is 12.8. The molecular weight excluding hydrogens is 389 g/mol. The van der Waals surface area contributed by atoms with Crippen LogP contribution < -0.4 is 19.6 Å². The zero-order valence-electron chi connectivity index (χ0n) is 14.8. The Kier molecular flexibility index (Phi) is 5.53. The summed E-state index contributed by atoms with van der Waals surface area (Å²) in [6, 6.07) is 11.0. The topological polar surface area (TPSA) is 69.2 Å². The van der Waals surface area contributed by atoms with Gasteiger partial charge in [0.05, 0.1) is 0 Å². The fraction of sp³-hybridized carbons (Fsp3) is 0.368. The molecule has 0 saturated carbocycles. The van der Waals surface area contributed by atoms with Crippen molar-refractivity contribution in [1.82, 2.24) is 14.5 Å². The maximum absolute atomic E-state index is 5.64. The molecule has 1 fully saturated rings. The van der Waals surface area contributed by atoms with Crippen molar-refractivity contribution >= 4 is 41.4 Å².